The molecule has 0 bridgehead atoms. The van der Waals surface area contributed by atoms with Crippen molar-refractivity contribution in [1.82, 2.24) is 29.4 Å². The van der Waals surface area contributed by atoms with Crippen LogP contribution < -0.4 is 0 Å². The number of carbonyl (C=O) groups is 9. The molecule has 0 spiro atoms. The second-order valence-corrected chi connectivity index (χ2v) is 22.4. The van der Waals surface area contributed by atoms with Crippen LogP contribution >= 0.6 is 0 Å². The fourth-order valence-electron chi connectivity index (χ4n) is 8.84. The first-order valence-corrected chi connectivity index (χ1v) is 29.0. The van der Waals surface area contributed by atoms with Crippen LogP contribution in [0.15, 0.2) is 0 Å². The lowest BCUT2D eigenvalue weighted by molar-refractivity contribution is -0.159. The van der Waals surface area contributed by atoms with E-state index >= 15 is 0 Å². The number of rotatable bonds is 44. The topological polar surface area (TPSA) is 392 Å². The molecule has 28 heteroatoms. The van der Waals surface area contributed by atoms with Crippen LogP contribution in [-0.4, -0.2) is 287 Å². The van der Waals surface area contributed by atoms with Gasteiger partial charge in [0.05, 0.1) is 93.8 Å². The molecule has 0 saturated carbocycles. The molecule has 488 valence electrons. The van der Waals surface area contributed by atoms with Crippen molar-refractivity contribution in [2.24, 2.45) is 0 Å². The summed E-state index contributed by atoms with van der Waals surface area (Å²) in [5.74, 6) is -5.91. The molecular weight excluding hydrogens is 1110 g/mol. The summed E-state index contributed by atoms with van der Waals surface area (Å²) < 4.78 is 22.5. The minimum Gasteiger partial charge on any atom is -0.461 e. The highest BCUT2D eigenvalue weighted by Crippen LogP contribution is 2.15. The van der Waals surface area contributed by atoms with Crippen molar-refractivity contribution in [3.63, 3.8) is 0 Å². The molecule has 0 aliphatic carbocycles. The van der Waals surface area contributed by atoms with Gasteiger partial charge >= 0.3 is 17.9 Å². The van der Waals surface area contributed by atoms with Gasteiger partial charge in [-0.1, -0.05) is 0 Å². The molecule has 0 aromatic heterocycles. The Morgan fingerprint density at radius 1 is 0.262 bits per heavy atom. The van der Waals surface area contributed by atoms with E-state index in [9.17, 15) is 89.1 Å². The van der Waals surface area contributed by atoms with Gasteiger partial charge < -0.3 is 94.3 Å². The summed E-state index contributed by atoms with van der Waals surface area (Å²) >= 11 is 0. The highest BCUT2D eigenvalue weighted by molar-refractivity contribution is 5.85. The van der Waals surface area contributed by atoms with E-state index in [1.807, 2.05) is 0 Å². The molecule has 0 aliphatic rings. The van der Waals surface area contributed by atoms with E-state index < -0.39 is 165 Å². The zero-order valence-corrected chi connectivity index (χ0v) is 51.6. The first-order chi connectivity index (χ1) is 39.0. The Hall–Kier alpha value is -5.17. The molecule has 0 rings (SSSR count). The molecule has 0 radical (unpaired) electrons. The molecule has 28 nitrogen and oxygen atoms in total. The highest BCUT2D eigenvalue weighted by Gasteiger charge is 2.29. The highest BCUT2D eigenvalue weighted by atomic mass is 16.6. The van der Waals surface area contributed by atoms with Gasteiger partial charge in [0.25, 0.3) is 0 Å². The standard InChI is InChI=1S/C56H102N6O22/c1-35(63)23-57(24-36(2)64)49(73)15-19-53(77)81-43(9)31-61(32-44(10)82-54(78)20-16-50(74)58(25-37(3)65)26-38(4)66)47(71)13-14-48(72)62(33-45(11)83-55(79)21-17-51(75)59(27-39(5)67)28-40(6)68)34-46(12)84-56(80)22-18-52(76)60(29-41(7)69)30-42(8)70/h35-46,53,63-70,77H,13-34H2,1-12H3. The Morgan fingerprint density at radius 3 is 0.655 bits per heavy atom. The van der Waals surface area contributed by atoms with Crippen molar-refractivity contribution in [3.05, 3.63) is 0 Å². The Morgan fingerprint density at radius 2 is 0.440 bits per heavy atom. The molecule has 13 unspecified atom stereocenters. The second kappa shape index (κ2) is 41.8. The third-order valence-electron chi connectivity index (χ3n) is 12.1. The average molecular weight is 1210 g/mol. The molecule has 0 aromatic carbocycles. The van der Waals surface area contributed by atoms with Gasteiger partial charge in [-0.2, -0.15) is 0 Å². The van der Waals surface area contributed by atoms with Gasteiger partial charge in [0.1, 0.15) is 18.3 Å². The molecule has 0 heterocycles. The van der Waals surface area contributed by atoms with Crippen molar-refractivity contribution >= 4 is 53.4 Å². The predicted octanol–water partition coefficient (Wildman–Crippen LogP) is -1.58. The van der Waals surface area contributed by atoms with Crippen molar-refractivity contribution in [2.45, 2.75) is 227 Å². The fraction of sp³-hybridized carbons (Fsp3) is 0.839. The van der Waals surface area contributed by atoms with Gasteiger partial charge in [-0.15, -0.1) is 0 Å². The molecule has 0 saturated heterocycles. The molecular formula is C56H102N6O22. The van der Waals surface area contributed by atoms with E-state index in [2.05, 4.69) is 0 Å². The van der Waals surface area contributed by atoms with Crippen LogP contribution in [0, 0.1) is 0 Å². The molecule has 6 amide bonds. The molecule has 13 atom stereocenters. The van der Waals surface area contributed by atoms with E-state index in [-0.39, 0.29) is 111 Å². The maximum absolute atomic E-state index is 14.2. The van der Waals surface area contributed by atoms with Crippen molar-refractivity contribution in [1.29, 1.82) is 0 Å². The maximum atomic E-state index is 14.2. The van der Waals surface area contributed by atoms with E-state index in [0.29, 0.717) is 0 Å². The van der Waals surface area contributed by atoms with Gasteiger partial charge in [0, 0.05) is 104 Å². The summed E-state index contributed by atoms with van der Waals surface area (Å²) in [5.41, 5.74) is 0. The number of nitrogens with zero attached hydrogens (tertiary/aromatic N) is 6. The van der Waals surface area contributed by atoms with Crippen molar-refractivity contribution in [3.8, 4) is 0 Å². The number of aliphatic hydroxyl groups is 9. The number of ether oxygens (including phenoxy) is 4. The van der Waals surface area contributed by atoms with Crippen molar-refractivity contribution in [2.75, 3.05) is 78.5 Å². The van der Waals surface area contributed by atoms with Crippen LogP contribution in [0.4, 0.5) is 0 Å². The van der Waals surface area contributed by atoms with Crippen LogP contribution in [-0.2, 0) is 62.1 Å². The summed E-state index contributed by atoms with van der Waals surface area (Å²) in [6.45, 7) is 15.7. The summed E-state index contributed by atoms with van der Waals surface area (Å²) in [7, 11) is 0. The number of carbonyl (C=O) groups excluding carboxylic acids is 9. The van der Waals surface area contributed by atoms with Crippen LogP contribution in [0.1, 0.15) is 147 Å². The lowest BCUT2D eigenvalue weighted by atomic mass is 10.2. The number of amides is 6. The van der Waals surface area contributed by atoms with Crippen LogP contribution in [0.5, 0.6) is 0 Å². The zero-order valence-electron chi connectivity index (χ0n) is 51.6. The lowest BCUT2D eigenvalue weighted by Gasteiger charge is -2.31. The van der Waals surface area contributed by atoms with E-state index in [0.717, 1.165) is 0 Å². The minimum absolute atomic E-state index is 0.0689. The third kappa shape index (κ3) is 38.0. The number of esters is 3. The van der Waals surface area contributed by atoms with Gasteiger partial charge in [0.15, 0.2) is 6.29 Å². The molecule has 0 aliphatic heterocycles. The van der Waals surface area contributed by atoms with Crippen LogP contribution in [0.2, 0.25) is 0 Å². The normalized spacial score (nSPS) is 16.1. The number of hydrogen-bond donors (Lipinski definition) is 9. The summed E-state index contributed by atoms with van der Waals surface area (Å²) in [6, 6.07) is 0. The lowest BCUT2D eigenvalue weighted by Crippen LogP contribution is -2.45. The zero-order chi connectivity index (χ0) is 64.6. The quantitative estimate of drug-likeness (QED) is 0.0189. The smallest absolute Gasteiger partial charge is 0.306 e. The van der Waals surface area contributed by atoms with Crippen molar-refractivity contribution < 1.29 is 108 Å². The molecule has 84 heavy (non-hydrogen) atoms. The van der Waals surface area contributed by atoms with E-state index in [4.69, 9.17) is 18.9 Å². The molecule has 0 fully saturated rings. The summed E-state index contributed by atoms with van der Waals surface area (Å²) in [4.78, 5) is 127. The van der Waals surface area contributed by atoms with Gasteiger partial charge in [-0.3, -0.25) is 43.2 Å². The van der Waals surface area contributed by atoms with E-state index in [1.165, 1.54) is 112 Å². The second-order valence-electron chi connectivity index (χ2n) is 22.4. The minimum atomic E-state index is -1.54. The summed E-state index contributed by atoms with van der Waals surface area (Å²) in [6.07, 6.45) is -16.6. The number of hydrogen-bond acceptors (Lipinski definition) is 22. The maximum Gasteiger partial charge on any atom is 0.306 e. The Labute approximate surface area is 494 Å². The largest absolute Gasteiger partial charge is 0.461 e. The monoisotopic (exact) mass is 1210 g/mol. The fourth-order valence-corrected chi connectivity index (χ4v) is 8.84. The average Bonchev–Trinajstić information content (AvgIpc) is 3.56. The van der Waals surface area contributed by atoms with Crippen LogP contribution in [0.3, 0.4) is 0 Å². The third-order valence-corrected chi connectivity index (χ3v) is 12.1. The summed E-state index contributed by atoms with van der Waals surface area (Å²) in [5, 5.41) is 89.9. The predicted molar refractivity (Wildman–Crippen MR) is 302 cm³/mol. The SMILES string of the molecule is CC(O)CN(CC(C)O)C(=O)CCC(=O)OC(C)CN(CC(C)OC(=O)CCC(=O)N(CC(C)O)CC(C)O)C(=O)CCC(=O)N(CC(C)OC(=O)CCC(=O)N(CC(C)O)CC(C)O)CC(C)OC(O)CCC(=O)N(CC(C)O)CC(C)O. The Bertz CT molecular complexity index is 1890. The first kappa shape index (κ1) is 78.8. The molecule has 9 N–H and O–H groups in total. The van der Waals surface area contributed by atoms with Gasteiger partial charge in [0.2, 0.25) is 35.4 Å². The Balaban J connectivity index is 6.65. The van der Waals surface area contributed by atoms with Gasteiger partial charge in [-0.25, -0.2) is 0 Å². The first-order valence-electron chi connectivity index (χ1n) is 29.0. The molecule has 0 aromatic rings. The van der Waals surface area contributed by atoms with Crippen LogP contribution in [0.25, 0.3) is 0 Å². The number of aliphatic hydroxyl groups excluding tert-OH is 9. The Kier molecular flexibility index (Phi) is 39.2. The van der Waals surface area contributed by atoms with Gasteiger partial charge in [-0.05, 0) is 83.1 Å². The van der Waals surface area contributed by atoms with E-state index in [1.54, 1.807) is 0 Å².